The zero-order valence-corrected chi connectivity index (χ0v) is 20.7. The zero-order valence-electron chi connectivity index (χ0n) is 20.7. The van der Waals surface area contributed by atoms with E-state index in [9.17, 15) is 18.0 Å². The van der Waals surface area contributed by atoms with Crippen molar-refractivity contribution in [2.75, 3.05) is 31.5 Å². The Labute approximate surface area is 206 Å². The summed E-state index contributed by atoms with van der Waals surface area (Å²) in [5, 5.41) is 3.31. The topological polar surface area (TPSA) is 35.6 Å². The molecule has 4 nitrogen and oxygen atoms in total. The average Bonchev–Trinajstić information content (AvgIpc) is 3.63. The van der Waals surface area contributed by atoms with E-state index in [2.05, 4.69) is 16.3 Å². The van der Waals surface area contributed by atoms with Crippen LogP contribution in [-0.2, 0) is 30.5 Å². The van der Waals surface area contributed by atoms with Crippen molar-refractivity contribution in [1.82, 2.24) is 9.80 Å². The largest absolute Gasteiger partial charge is 0.416 e. The Hall–Kier alpha value is -2.54. The second-order valence-corrected chi connectivity index (χ2v) is 10.4. The summed E-state index contributed by atoms with van der Waals surface area (Å²) >= 11 is 0. The predicted octanol–water partition coefficient (Wildman–Crippen LogP) is 5.96. The van der Waals surface area contributed by atoms with E-state index in [1.54, 1.807) is 11.0 Å². The lowest BCUT2D eigenvalue weighted by molar-refractivity contribution is -0.139. The smallest absolute Gasteiger partial charge is 0.376 e. The summed E-state index contributed by atoms with van der Waals surface area (Å²) in [6.07, 6.45) is -0.0906. The van der Waals surface area contributed by atoms with Gasteiger partial charge in [-0.1, -0.05) is 44.2 Å². The molecule has 1 fully saturated rings. The van der Waals surface area contributed by atoms with Crippen LogP contribution in [0, 0.1) is 11.8 Å². The van der Waals surface area contributed by atoms with Gasteiger partial charge in [-0.05, 0) is 66.3 Å². The third-order valence-electron chi connectivity index (χ3n) is 7.00. The molecular weight excluding hydrogens is 451 g/mol. The van der Waals surface area contributed by atoms with Crippen molar-refractivity contribution in [3.05, 3.63) is 64.7 Å². The number of fused-ring (bicyclic) bond motifs is 1. The Kier molecular flexibility index (Phi) is 8.05. The van der Waals surface area contributed by atoms with Crippen molar-refractivity contribution in [2.24, 2.45) is 11.8 Å². The third kappa shape index (κ3) is 7.00. The number of hydrogen-bond donors (Lipinski definition) is 1. The third-order valence-corrected chi connectivity index (χ3v) is 7.00. The van der Waals surface area contributed by atoms with Crippen LogP contribution in [-0.4, -0.2) is 41.9 Å². The Morgan fingerprint density at radius 3 is 2.63 bits per heavy atom. The van der Waals surface area contributed by atoms with Gasteiger partial charge in [0.05, 0.1) is 12.1 Å². The second-order valence-electron chi connectivity index (χ2n) is 10.4. The molecule has 0 saturated heterocycles. The summed E-state index contributed by atoms with van der Waals surface area (Å²) in [6.45, 7) is 7.66. The minimum absolute atomic E-state index is 0.0497. The van der Waals surface area contributed by atoms with Crippen LogP contribution in [0.1, 0.15) is 55.4 Å². The van der Waals surface area contributed by atoms with Crippen molar-refractivity contribution < 1.29 is 18.0 Å². The van der Waals surface area contributed by atoms with Crippen LogP contribution in [0.3, 0.4) is 0 Å². The lowest BCUT2D eigenvalue weighted by Crippen LogP contribution is -2.37. The molecular formula is C28H36F3N3O. The molecule has 0 aromatic heterocycles. The molecule has 7 heteroatoms. The number of nitrogens with zero attached hydrogens (tertiary/aromatic N) is 2. The van der Waals surface area contributed by atoms with Gasteiger partial charge in [-0.25, -0.2) is 0 Å². The van der Waals surface area contributed by atoms with Gasteiger partial charge in [0, 0.05) is 38.4 Å². The summed E-state index contributed by atoms with van der Waals surface area (Å²) in [5.74, 6) is 1.01. The van der Waals surface area contributed by atoms with Gasteiger partial charge in [-0.2, -0.15) is 13.2 Å². The number of hydrogen-bond acceptors (Lipinski definition) is 3. The number of carbonyl (C=O) groups is 1. The van der Waals surface area contributed by atoms with Crippen LogP contribution in [0.5, 0.6) is 0 Å². The molecule has 190 valence electrons. The van der Waals surface area contributed by atoms with Crippen molar-refractivity contribution in [3.8, 4) is 0 Å². The fraction of sp³-hybridized carbons (Fsp3) is 0.536. The number of anilines is 1. The molecule has 1 N–H and O–H groups in total. The minimum atomic E-state index is -4.45. The van der Waals surface area contributed by atoms with Crippen molar-refractivity contribution in [2.45, 2.75) is 58.8 Å². The van der Waals surface area contributed by atoms with E-state index < -0.39 is 11.7 Å². The molecule has 0 spiro atoms. The molecule has 2 aromatic rings. The number of rotatable bonds is 10. The van der Waals surface area contributed by atoms with Crippen LogP contribution in [0.2, 0.25) is 0 Å². The van der Waals surface area contributed by atoms with Crippen LogP contribution >= 0.6 is 0 Å². The Balaban J connectivity index is 1.44. The van der Waals surface area contributed by atoms with E-state index >= 15 is 0 Å². The maximum Gasteiger partial charge on any atom is 0.416 e. The Morgan fingerprint density at radius 2 is 1.91 bits per heavy atom. The van der Waals surface area contributed by atoms with E-state index in [0.29, 0.717) is 12.5 Å². The highest BCUT2D eigenvalue weighted by Gasteiger charge is 2.33. The normalized spacial score (nSPS) is 16.3. The number of alkyl halides is 3. The first-order valence-corrected chi connectivity index (χ1v) is 12.7. The molecule has 1 amide bonds. The standard InChI is InChI=1S/C28H36F3N3O/c1-20(2)12-15-34(19-23-6-3-4-8-25(23)28(29,30)31)27(35)16-32-26-9-5-7-22-18-33(14-13-24(22)26)17-21-10-11-21/h3-9,20-21,32H,10-19H2,1-2H3. The molecule has 0 unspecified atom stereocenters. The van der Waals surface area contributed by atoms with Gasteiger partial charge >= 0.3 is 6.18 Å². The van der Waals surface area contributed by atoms with Crippen molar-refractivity contribution >= 4 is 11.6 Å². The Morgan fingerprint density at radius 1 is 1.14 bits per heavy atom. The van der Waals surface area contributed by atoms with E-state index in [4.69, 9.17) is 0 Å². The molecule has 4 rings (SSSR count). The highest BCUT2D eigenvalue weighted by Crippen LogP contribution is 2.34. The van der Waals surface area contributed by atoms with Crippen LogP contribution in [0.25, 0.3) is 0 Å². The summed E-state index contributed by atoms with van der Waals surface area (Å²) < 4.78 is 40.6. The van der Waals surface area contributed by atoms with Crippen LogP contribution in [0.15, 0.2) is 42.5 Å². The number of benzene rings is 2. The molecule has 1 saturated carbocycles. The molecule has 0 atom stereocenters. The summed E-state index contributed by atoms with van der Waals surface area (Å²) in [5.41, 5.74) is 2.96. The molecule has 2 aromatic carbocycles. The fourth-order valence-corrected chi connectivity index (χ4v) is 4.78. The summed E-state index contributed by atoms with van der Waals surface area (Å²) in [4.78, 5) is 17.3. The molecule has 1 heterocycles. The Bertz CT molecular complexity index is 1020. The highest BCUT2D eigenvalue weighted by atomic mass is 19.4. The van der Waals surface area contributed by atoms with E-state index in [1.165, 1.54) is 42.6 Å². The fourth-order valence-electron chi connectivity index (χ4n) is 4.78. The lowest BCUT2D eigenvalue weighted by Gasteiger charge is -2.30. The van der Waals surface area contributed by atoms with Crippen molar-refractivity contribution in [3.63, 3.8) is 0 Å². The molecule has 35 heavy (non-hydrogen) atoms. The lowest BCUT2D eigenvalue weighted by atomic mass is 9.97. The first-order valence-electron chi connectivity index (χ1n) is 12.7. The van der Waals surface area contributed by atoms with Crippen LogP contribution in [0.4, 0.5) is 18.9 Å². The monoisotopic (exact) mass is 487 g/mol. The first kappa shape index (κ1) is 25.5. The van der Waals surface area contributed by atoms with Crippen LogP contribution < -0.4 is 5.32 Å². The summed E-state index contributed by atoms with van der Waals surface area (Å²) in [7, 11) is 0. The molecule has 1 aliphatic heterocycles. The second kappa shape index (κ2) is 11.0. The van der Waals surface area contributed by atoms with Gasteiger partial charge in [-0.3, -0.25) is 9.69 Å². The molecule has 2 aliphatic rings. The maximum atomic E-state index is 13.5. The van der Waals surface area contributed by atoms with Gasteiger partial charge in [-0.15, -0.1) is 0 Å². The van der Waals surface area contributed by atoms with Crippen molar-refractivity contribution in [1.29, 1.82) is 0 Å². The first-order chi connectivity index (χ1) is 16.7. The van der Waals surface area contributed by atoms with Gasteiger partial charge in [0.25, 0.3) is 0 Å². The molecule has 0 radical (unpaired) electrons. The number of halogens is 3. The van der Waals surface area contributed by atoms with Gasteiger partial charge in [0.2, 0.25) is 5.91 Å². The van der Waals surface area contributed by atoms with Gasteiger partial charge < -0.3 is 10.2 Å². The minimum Gasteiger partial charge on any atom is -0.376 e. The predicted molar refractivity (Wildman–Crippen MR) is 133 cm³/mol. The highest BCUT2D eigenvalue weighted by molar-refractivity contribution is 5.81. The number of nitrogens with one attached hydrogen (secondary N) is 1. The van der Waals surface area contributed by atoms with E-state index in [-0.39, 0.29) is 24.6 Å². The molecule has 0 bridgehead atoms. The van der Waals surface area contributed by atoms with E-state index in [1.807, 2.05) is 26.0 Å². The van der Waals surface area contributed by atoms with Gasteiger partial charge in [0.15, 0.2) is 0 Å². The average molecular weight is 488 g/mol. The maximum absolute atomic E-state index is 13.5. The summed E-state index contributed by atoms with van der Waals surface area (Å²) in [6, 6.07) is 11.7. The quantitative estimate of drug-likeness (QED) is 0.449. The van der Waals surface area contributed by atoms with Gasteiger partial charge in [0.1, 0.15) is 0 Å². The number of amides is 1. The SMILES string of the molecule is CC(C)CCN(Cc1ccccc1C(F)(F)F)C(=O)CNc1cccc2c1CCN(CC1CC1)C2. The molecule has 1 aliphatic carbocycles. The number of carbonyl (C=O) groups excluding carboxylic acids is 1. The van der Waals surface area contributed by atoms with E-state index in [0.717, 1.165) is 43.6 Å². The zero-order chi connectivity index (χ0) is 25.0.